The van der Waals surface area contributed by atoms with Gasteiger partial charge in [-0.15, -0.1) is 0 Å². The lowest BCUT2D eigenvalue weighted by atomic mass is 9.83. The van der Waals surface area contributed by atoms with Crippen molar-refractivity contribution in [2.45, 2.75) is 18.6 Å². The van der Waals surface area contributed by atoms with Crippen molar-refractivity contribution < 1.29 is 22.8 Å². The van der Waals surface area contributed by atoms with Crippen molar-refractivity contribution in [3.63, 3.8) is 0 Å². The number of rotatable bonds is 4. The van der Waals surface area contributed by atoms with Gasteiger partial charge in [-0.2, -0.15) is 0 Å². The van der Waals surface area contributed by atoms with Crippen LogP contribution in [-0.4, -0.2) is 16.7 Å². The van der Waals surface area contributed by atoms with E-state index in [4.69, 9.17) is 4.42 Å². The van der Waals surface area contributed by atoms with Crippen LogP contribution in [0.2, 0.25) is 0 Å². The summed E-state index contributed by atoms with van der Waals surface area (Å²) < 4.78 is 33.9. The number of benzene rings is 4. The molecule has 40 heavy (non-hydrogen) atoms. The fourth-order valence-corrected chi connectivity index (χ4v) is 5.88. The second-order valence-corrected chi connectivity index (χ2v) is 9.90. The molecule has 0 saturated heterocycles. The van der Waals surface area contributed by atoms with Crippen LogP contribution in [0, 0.1) is 11.6 Å². The molecule has 0 aliphatic carbocycles. The van der Waals surface area contributed by atoms with Crippen LogP contribution in [-0.2, 0) is 23.4 Å². The van der Waals surface area contributed by atoms with E-state index >= 15 is 0 Å². The molecule has 8 heteroatoms. The average Bonchev–Trinajstić information content (AvgIpc) is 3.35. The summed E-state index contributed by atoms with van der Waals surface area (Å²) in [5.41, 5.74) is -0.249. The summed E-state index contributed by atoms with van der Waals surface area (Å²) in [5.74, 6) is -2.53. The summed E-state index contributed by atoms with van der Waals surface area (Å²) in [5, 5.41) is -0.0682. The predicted octanol–water partition coefficient (Wildman–Crippen LogP) is 5.52. The Morgan fingerprint density at radius 2 is 1.40 bits per heavy atom. The second kappa shape index (κ2) is 8.71. The first-order chi connectivity index (χ1) is 19.4. The molecule has 0 N–H and O–H groups in total. The Labute approximate surface area is 226 Å². The molecule has 2 amide bonds. The normalized spacial score (nSPS) is 17.6. The summed E-state index contributed by atoms with van der Waals surface area (Å²) in [6.07, 6.45) is 0. The van der Waals surface area contributed by atoms with Crippen LogP contribution in [0.25, 0.3) is 11.0 Å². The first-order valence-corrected chi connectivity index (χ1v) is 12.7. The van der Waals surface area contributed by atoms with E-state index in [1.165, 1.54) is 35.2 Å². The van der Waals surface area contributed by atoms with Gasteiger partial charge in [-0.05, 0) is 47.5 Å². The van der Waals surface area contributed by atoms with Crippen LogP contribution in [0.5, 0.6) is 0 Å². The lowest BCUT2D eigenvalue weighted by Gasteiger charge is -2.34. The molecule has 0 radical (unpaired) electrons. The number of hydrogen-bond donors (Lipinski definition) is 0. The third-order valence-electron chi connectivity index (χ3n) is 7.64. The molecule has 4 aromatic carbocycles. The molecule has 2 aliphatic rings. The largest absolute Gasteiger partial charge is 0.450 e. The zero-order valence-electron chi connectivity index (χ0n) is 20.9. The van der Waals surface area contributed by atoms with Crippen LogP contribution in [0.15, 0.2) is 106 Å². The van der Waals surface area contributed by atoms with Crippen LogP contribution >= 0.6 is 0 Å². The van der Waals surface area contributed by atoms with Gasteiger partial charge >= 0.3 is 0 Å². The molecule has 3 heterocycles. The van der Waals surface area contributed by atoms with Gasteiger partial charge in [-0.1, -0.05) is 60.7 Å². The molecule has 6 nitrogen and oxygen atoms in total. The molecular weight excluding hydrogens is 514 g/mol. The Balaban J connectivity index is 1.52. The number of amides is 2. The third kappa shape index (κ3) is 3.29. The summed E-state index contributed by atoms with van der Waals surface area (Å²) in [6, 6.07) is 25.4. The van der Waals surface area contributed by atoms with E-state index in [1.807, 2.05) is 30.3 Å². The van der Waals surface area contributed by atoms with E-state index < -0.39 is 34.4 Å². The summed E-state index contributed by atoms with van der Waals surface area (Å²) >= 11 is 0. The number of anilines is 1. The Hall–Kier alpha value is -5.11. The minimum absolute atomic E-state index is 0.0390. The van der Waals surface area contributed by atoms with Gasteiger partial charge in [0.25, 0.3) is 11.8 Å². The maximum absolute atomic E-state index is 14.7. The van der Waals surface area contributed by atoms with E-state index in [-0.39, 0.29) is 35.4 Å². The summed E-state index contributed by atoms with van der Waals surface area (Å²) in [7, 11) is 0. The number of nitrogens with zero attached hydrogens (tertiary/aromatic N) is 2. The van der Waals surface area contributed by atoms with E-state index in [0.717, 1.165) is 17.7 Å². The number of fused-ring (bicyclic) bond motifs is 5. The predicted molar refractivity (Wildman–Crippen MR) is 144 cm³/mol. The quantitative estimate of drug-likeness (QED) is 0.305. The van der Waals surface area contributed by atoms with Crippen molar-refractivity contribution in [1.82, 2.24) is 4.90 Å². The Kier molecular flexibility index (Phi) is 5.22. The smallest absolute Gasteiger partial charge is 0.291 e. The topological polar surface area (TPSA) is 70.8 Å². The highest BCUT2D eigenvalue weighted by molar-refractivity contribution is 6.17. The molecule has 0 bridgehead atoms. The average molecular weight is 535 g/mol. The maximum Gasteiger partial charge on any atom is 0.291 e. The molecule has 5 aromatic rings. The summed E-state index contributed by atoms with van der Waals surface area (Å²) in [4.78, 5) is 45.8. The van der Waals surface area contributed by atoms with E-state index in [0.29, 0.717) is 16.8 Å². The molecule has 7 rings (SSSR count). The van der Waals surface area contributed by atoms with Gasteiger partial charge < -0.3 is 14.2 Å². The highest BCUT2D eigenvalue weighted by atomic mass is 19.1. The highest BCUT2D eigenvalue weighted by Gasteiger charge is 2.65. The van der Waals surface area contributed by atoms with Crippen molar-refractivity contribution in [3.8, 4) is 0 Å². The maximum atomic E-state index is 14.7. The number of hydrogen-bond acceptors (Lipinski definition) is 4. The molecule has 1 unspecified atom stereocenters. The van der Waals surface area contributed by atoms with Gasteiger partial charge in [-0.25, -0.2) is 8.78 Å². The molecule has 0 fully saturated rings. The monoisotopic (exact) mass is 534 g/mol. The van der Waals surface area contributed by atoms with Crippen molar-refractivity contribution in [2.24, 2.45) is 0 Å². The van der Waals surface area contributed by atoms with Crippen molar-refractivity contribution in [3.05, 3.63) is 147 Å². The van der Waals surface area contributed by atoms with Crippen molar-refractivity contribution >= 4 is 28.5 Å². The van der Waals surface area contributed by atoms with Crippen molar-refractivity contribution in [2.75, 3.05) is 4.90 Å². The highest BCUT2D eigenvalue weighted by Crippen LogP contribution is 2.53. The van der Waals surface area contributed by atoms with Gasteiger partial charge in [0.1, 0.15) is 17.2 Å². The minimum atomic E-state index is -1.87. The van der Waals surface area contributed by atoms with Gasteiger partial charge in [0, 0.05) is 12.1 Å². The third-order valence-corrected chi connectivity index (χ3v) is 7.64. The first-order valence-electron chi connectivity index (χ1n) is 12.7. The van der Waals surface area contributed by atoms with Crippen LogP contribution in [0.3, 0.4) is 0 Å². The fourth-order valence-electron chi connectivity index (χ4n) is 5.88. The SMILES string of the molecule is O=C1c2oc3ccc(F)cc3c(=O)c2C2(C(=O)N(Cc3ccccc3)c3ccccc32)N1Cc1ccc(F)cc1. The van der Waals surface area contributed by atoms with Gasteiger partial charge in [-0.3, -0.25) is 14.4 Å². The zero-order valence-corrected chi connectivity index (χ0v) is 20.9. The number of halogens is 2. The minimum Gasteiger partial charge on any atom is -0.450 e. The van der Waals surface area contributed by atoms with Crippen molar-refractivity contribution in [1.29, 1.82) is 0 Å². The summed E-state index contributed by atoms with van der Waals surface area (Å²) in [6.45, 7) is 0.0899. The number of para-hydroxylation sites is 1. The lowest BCUT2D eigenvalue weighted by Crippen LogP contribution is -2.52. The van der Waals surface area contributed by atoms with Gasteiger partial charge in [0.2, 0.25) is 5.76 Å². The fraction of sp³-hybridized carbons (Fsp3) is 0.0938. The molecule has 2 aliphatic heterocycles. The zero-order chi connectivity index (χ0) is 27.6. The van der Waals surface area contributed by atoms with E-state index in [1.54, 1.807) is 29.2 Å². The molecule has 0 saturated carbocycles. The molecule has 196 valence electrons. The molecule has 1 aromatic heterocycles. The van der Waals surface area contributed by atoms with Crippen LogP contribution in [0.1, 0.15) is 32.8 Å². The lowest BCUT2D eigenvalue weighted by molar-refractivity contribution is -0.126. The molecule has 1 atom stereocenters. The molecule has 1 spiro atoms. The Bertz CT molecular complexity index is 1900. The van der Waals surface area contributed by atoms with E-state index in [9.17, 15) is 23.2 Å². The van der Waals surface area contributed by atoms with Gasteiger partial charge in [0.05, 0.1) is 23.2 Å². The molecular formula is C32H20F2N2O4. The Morgan fingerprint density at radius 1 is 0.725 bits per heavy atom. The number of carbonyl (C=O) groups excluding carboxylic acids is 2. The standard InChI is InChI=1S/C32H20F2N2O4/c33-21-12-10-20(11-13-21)18-36-30(38)29-27(28(37)23-16-22(34)14-15-26(23)40-29)32(36)24-8-4-5-9-25(24)35(31(32)39)17-19-6-2-1-3-7-19/h1-16H,17-18H2. The van der Waals surface area contributed by atoms with E-state index in [2.05, 4.69) is 0 Å². The second-order valence-electron chi connectivity index (χ2n) is 9.90. The Morgan fingerprint density at radius 3 is 2.17 bits per heavy atom. The van der Waals surface area contributed by atoms with Crippen LogP contribution < -0.4 is 10.3 Å². The van der Waals surface area contributed by atoms with Crippen LogP contribution in [0.4, 0.5) is 14.5 Å². The number of carbonyl (C=O) groups is 2. The van der Waals surface area contributed by atoms with Gasteiger partial charge in [0.15, 0.2) is 11.0 Å². The first kappa shape index (κ1) is 24.0.